The van der Waals surface area contributed by atoms with Gasteiger partial charge in [0.25, 0.3) is 10.0 Å². The first kappa shape index (κ1) is 15.8. The monoisotopic (exact) mass is 346 g/mol. The first-order chi connectivity index (χ1) is 11.0. The number of rotatable bonds is 3. The number of carbonyl (C=O) groups excluding carboxylic acids is 1. The predicted molar refractivity (Wildman–Crippen MR) is 92.4 cm³/mol. The van der Waals surface area contributed by atoms with Crippen LogP contribution in [0.5, 0.6) is 0 Å². The number of hydrogen-bond acceptors (Lipinski definition) is 4. The topological polar surface area (TPSA) is 75.6 Å². The number of aryl methyl sites for hydroxylation is 1. The third-order valence-corrected chi connectivity index (χ3v) is 5.68. The molecule has 2 aromatic rings. The fourth-order valence-corrected chi connectivity index (χ4v) is 4.59. The van der Waals surface area contributed by atoms with Crippen LogP contribution in [-0.2, 0) is 14.8 Å². The molecule has 0 radical (unpaired) electrons. The second-order valence-electron chi connectivity index (χ2n) is 5.07. The number of hydrogen-bond donors (Lipinski definition) is 1. The van der Waals surface area contributed by atoms with Crippen molar-refractivity contribution in [2.45, 2.75) is 11.8 Å². The zero-order valence-electron chi connectivity index (χ0n) is 12.3. The minimum absolute atomic E-state index is 0.0939. The number of amides is 1. The maximum atomic E-state index is 12.0. The first-order valence-electron chi connectivity index (χ1n) is 6.89. The molecule has 3 rings (SSSR count). The lowest BCUT2D eigenvalue weighted by Crippen LogP contribution is -2.15. The third kappa shape index (κ3) is 3.46. The average Bonchev–Trinajstić information content (AvgIpc) is 2.77. The average molecular weight is 346 g/mol. The van der Waals surface area contributed by atoms with E-state index in [0.717, 1.165) is 23.0 Å². The summed E-state index contributed by atoms with van der Waals surface area (Å²) in [6, 6.07) is 14.1. The molecule has 1 aliphatic rings. The van der Waals surface area contributed by atoms with Crippen LogP contribution in [0.2, 0.25) is 0 Å². The summed E-state index contributed by atoms with van der Waals surface area (Å²) in [7, 11) is -3.63. The maximum Gasteiger partial charge on any atom is 0.284 e. The van der Waals surface area contributed by atoms with Gasteiger partial charge in [0.2, 0.25) is 5.91 Å². The third-order valence-electron chi connectivity index (χ3n) is 3.24. The second kappa shape index (κ2) is 6.17. The summed E-state index contributed by atoms with van der Waals surface area (Å²) in [5.41, 5.74) is 2.33. The zero-order valence-corrected chi connectivity index (χ0v) is 13.9. The number of fused-ring (bicyclic) bond motifs is 1. The fourth-order valence-electron chi connectivity index (χ4n) is 2.23. The number of carbonyl (C=O) groups is 1. The Morgan fingerprint density at radius 1 is 1.17 bits per heavy atom. The van der Waals surface area contributed by atoms with E-state index >= 15 is 0 Å². The molecule has 118 valence electrons. The summed E-state index contributed by atoms with van der Waals surface area (Å²) in [6.07, 6.45) is 0. The quantitative estimate of drug-likeness (QED) is 0.927. The summed E-state index contributed by atoms with van der Waals surface area (Å²) in [6.45, 7) is 1.94. The van der Waals surface area contributed by atoms with Crippen molar-refractivity contribution >= 4 is 38.4 Å². The van der Waals surface area contributed by atoms with E-state index in [-0.39, 0.29) is 16.6 Å². The highest BCUT2D eigenvalue weighted by Crippen LogP contribution is 2.30. The number of nitrogens with zero attached hydrogens (tertiary/aromatic N) is 1. The minimum atomic E-state index is -3.63. The Morgan fingerprint density at radius 3 is 2.74 bits per heavy atom. The molecule has 0 saturated heterocycles. The SMILES string of the molecule is Cc1cccc(NC(=O)CSC2=NS(=O)(=O)c3ccccc32)c1. The van der Waals surface area contributed by atoms with E-state index < -0.39 is 10.0 Å². The summed E-state index contributed by atoms with van der Waals surface area (Å²) < 4.78 is 27.6. The lowest BCUT2D eigenvalue weighted by Gasteiger charge is -2.06. The standard InChI is InChI=1S/C16H14N2O3S2/c1-11-5-4-6-12(9-11)17-15(19)10-22-16-13-7-2-3-8-14(13)23(20,21)18-16/h2-9H,10H2,1H3,(H,17,19). The molecule has 23 heavy (non-hydrogen) atoms. The van der Waals surface area contributed by atoms with Gasteiger partial charge in [-0.2, -0.15) is 12.8 Å². The van der Waals surface area contributed by atoms with Gasteiger partial charge in [-0.1, -0.05) is 42.1 Å². The molecule has 1 N–H and O–H groups in total. The molecule has 0 unspecified atom stereocenters. The molecule has 0 fully saturated rings. The number of sulfonamides is 1. The number of benzene rings is 2. The number of anilines is 1. The predicted octanol–water partition coefficient (Wildman–Crippen LogP) is 2.82. The minimum Gasteiger partial charge on any atom is -0.325 e. The van der Waals surface area contributed by atoms with Gasteiger partial charge in [0, 0.05) is 11.3 Å². The van der Waals surface area contributed by atoms with Crippen LogP contribution in [0.15, 0.2) is 57.8 Å². The van der Waals surface area contributed by atoms with E-state index in [0.29, 0.717) is 10.6 Å². The Balaban J connectivity index is 1.68. The highest BCUT2D eigenvalue weighted by molar-refractivity contribution is 8.16. The lowest BCUT2D eigenvalue weighted by molar-refractivity contribution is -0.113. The van der Waals surface area contributed by atoms with Gasteiger partial charge in [-0.3, -0.25) is 4.79 Å². The number of nitrogens with one attached hydrogen (secondary N) is 1. The highest BCUT2D eigenvalue weighted by Gasteiger charge is 2.28. The van der Waals surface area contributed by atoms with Crippen LogP contribution in [-0.4, -0.2) is 25.1 Å². The Morgan fingerprint density at radius 2 is 1.96 bits per heavy atom. The van der Waals surface area contributed by atoms with Crippen molar-refractivity contribution in [3.63, 3.8) is 0 Å². The molecule has 0 bridgehead atoms. The summed E-state index contributed by atoms with van der Waals surface area (Å²) in [5, 5.41) is 3.15. The van der Waals surface area contributed by atoms with Crippen LogP contribution in [0.3, 0.4) is 0 Å². The van der Waals surface area contributed by atoms with Gasteiger partial charge in [0.15, 0.2) is 0 Å². The zero-order chi connectivity index (χ0) is 16.4. The molecule has 2 aromatic carbocycles. The van der Waals surface area contributed by atoms with Crippen LogP contribution >= 0.6 is 11.8 Å². The fraction of sp³-hybridized carbons (Fsp3) is 0.125. The van der Waals surface area contributed by atoms with Gasteiger partial charge >= 0.3 is 0 Å². The van der Waals surface area contributed by atoms with Crippen LogP contribution in [0.1, 0.15) is 11.1 Å². The molecule has 1 heterocycles. The molecule has 0 aliphatic carbocycles. The molecular formula is C16H14N2O3S2. The molecule has 0 saturated carbocycles. The molecule has 7 heteroatoms. The van der Waals surface area contributed by atoms with Crippen molar-refractivity contribution in [2.24, 2.45) is 4.40 Å². The van der Waals surface area contributed by atoms with Gasteiger partial charge in [-0.25, -0.2) is 0 Å². The molecule has 5 nitrogen and oxygen atoms in total. The van der Waals surface area contributed by atoms with E-state index in [9.17, 15) is 13.2 Å². The van der Waals surface area contributed by atoms with Crippen molar-refractivity contribution in [2.75, 3.05) is 11.1 Å². The molecule has 1 aliphatic heterocycles. The van der Waals surface area contributed by atoms with Crippen LogP contribution in [0.25, 0.3) is 0 Å². The summed E-state index contributed by atoms with van der Waals surface area (Å²) in [5.74, 6) is -0.110. The van der Waals surface area contributed by atoms with Gasteiger partial charge in [-0.05, 0) is 30.7 Å². The summed E-state index contributed by atoms with van der Waals surface area (Å²) >= 11 is 1.12. The smallest absolute Gasteiger partial charge is 0.284 e. The summed E-state index contributed by atoms with van der Waals surface area (Å²) in [4.78, 5) is 12.2. The van der Waals surface area contributed by atoms with E-state index in [1.54, 1.807) is 18.2 Å². The molecule has 1 amide bonds. The molecule has 0 aromatic heterocycles. The van der Waals surface area contributed by atoms with E-state index in [2.05, 4.69) is 9.71 Å². The molecule has 0 spiro atoms. The van der Waals surface area contributed by atoms with Crippen LogP contribution in [0.4, 0.5) is 5.69 Å². The van der Waals surface area contributed by atoms with Gasteiger partial charge in [-0.15, -0.1) is 0 Å². The van der Waals surface area contributed by atoms with Crippen molar-refractivity contribution < 1.29 is 13.2 Å². The highest BCUT2D eigenvalue weighted by atomic mass is 32.2. The Hall–Kier alpha value is -2.12. The Labute approximate surface area is 138 Å². The van der Waals surface area contributed by atoms with Crippen LogP contribution in [0, 0.1) is 6.92 Å². The van der Waals surface area contributed by atoms with Crippen molar-refractivity contribution in [1.29, 1.82) is 0 Å². The first-order valence-corrected chi connectivity index (χ1v) is 9.32. The van der Waals surface area contributed by atoms with E-state index in [1.807, 2.05) is 31.2 Å². The van der Waals surface area contributed by atoms with Crippen LogP contribution < -0.4 is 5.32 Å². The Kier molecular flexibility index (Phi) is 4.23. The van der Waals surface area contributed by atoms with Crippen molar-refractivity contribution in [3.05, 3.63) is 59.7 Å². The maximum absolute atomic E-state index is 12.0. The largest absolute Gasteiger partial charge is 0.325 e. The molecular weight excluding hydrogens is 332 g/mol. The van der Waals surface area contributed by atoms with Crippen molar-refractivity contribution in [3.8, 4) is 0 Å². The second-order valence-corrected chi connectivity index (χ2v) is 7.61. The molecule has 0 atom stereocenters. The normalized spacial score (nSPS) is 14.9. The van der Waals surface area contributed by atoms with Gasteiger partial charge in [0.05, 0.1) is 10.6 Å². The number of thioether (sulfide) groups is 1. The Bertz CT molecular complexity index is 905. The van der Waals surface area contributed by atoms with Gasteiger partial charge < -0.3 is 5.32 Å². The van der Waals surface area contributed by atoms with Crippen molar-refractivity contribution in [1.82, 2.24) is 0 Å². The van der Waals surface area contributed by atoms with Gasteiger partial charge in [0.1, 0.15) is 5.04 Å². The van der Waals surface area contributed by atoms with E-state index in [4.69, 9.17) is 0 Å². The van der Waals surface area contributed by atoms with E-state index in [1.165, 1.54) is 6.07 Å². The lowest BCUT2D eigenvalue weighted by atomic mass is 10.2.